The van der Waals surface area contributed by atoms with Crippen LogP contribution >= 0.6 is 0 Å². The molecule has 0 bridgehead atoms. The van der Waals surface area contributed by atoms with Crippen LogP contribution in [0.4, 0.5) is 5.69 Å². The van der Waals surface area contributed by atoms with E-state index in [1.807, 2.05) is 25.1 Å². The molecule has 1 aliphatic carbocycles. The summed E-state index contributed by atoms with van der Waals surface area (Å²) in [4.78, 5) is 25.0. The second kappa shape index (κ2) is 9.81. The highest BCUT2D eigenvalue weighted by Gasteiger charge is 2.26. The number of sulfonamides is 1. The summed E-state index contributed by atoms with van der Waals surface area (Å²) >= 11 is 0. The van der Waals surface area contributed by atoms with E-state index in [1.54, 1.807) is 35.8 Å². The van der Waals surface area contributed by atoms with Crippen molar-refractivity contribution in [3.8, 4) is 17.1 Å². The second-order valence-electron chi connectivity index (χ2n) is 9.71. The van der Waals surface area contributed by atoms with Crippen LogP contribution in [0.2, 0.25) is 0 Å². The summed E-state index contributed by atoms with van der Waals surface area (Å²) in [6.45, 7) is 3.99. The molecule has 0 amide bonds. The molecule has 10 nitrogen and oxygen atoms in total. The van der Waals surface area contributed by atoms with Crippen LogP contribution in [0.3, 0.4) is 0 Å². The van der Waals surface area contributed by atoms with Crippen LogP contribution < -0.4 is 15.0 Å². The van der Waals surface area contributed by atoms with Gasteiger partial charge in [0.15, 0.2) is 11.3 Å². The molecule has 0 unspecified atom stereocenters. The lowest BCUT2D eigenvalue weighted by atomic mass is 10.1. The van der Waals surface area contributed by atoms with Gasteiger partial charge in [-0.25, -0.2) is 17.9 Å². The number of hydrogen-bond acceptors (Lipinski definition) is 7. The fourth-order valence-corrected chi connectivity index (χ4v) is 6.32. The van der Waals surface area contributed by atoms with Gasteiger partial charge in [-0.3, -0.25) is 14.5 Å². The Balaban J connectivity index is 1.44. The van der Waals surface area contributed by atoms with Gasteiger partial charge in [-0.2, -0.15) is 0 Å². The van der Waals surface area contributed by atoms with Crippen molar-refractivity contribution >= 4 is 32.1 Å². The summed E-state index contributed by atoms with van der Waals surface area (Å²) in [5, 5.41) is 5.65. The van der Waals surface area contributed by atoms with E-state index in [2.05, 4.69) is 19.7 Å². The molecule has 2 N–H and O–H groups in total. The first-order valence-electron chi connectivity index (χ1n) is 13.0. The monoisotopic (exact) mass is 544 g/mol. The Labute approximate surface area is 225 Å². The van der Waals surface area contributed by atoms with Gasteiger partial charge in [0.05, 0.1) is 34.0 Å². The molecule has 0 spiro atoms. The minimum Gasteiger partial charge on any atom is -0.493 e. The molecular formula is C28H28N6O4S. The van der Waals surface area contributed by atoms with Crippen LogP contribution in [0.1, 0.15) is 50.0 Å². The number of rotatable bonds is 7. The third-order valence-corrected chi connectivity index (χ3v) is 8.47. The predicted molar refractivity (Wildman–Crippen MR) is 149 cm³/mol. The number of hydrogen-bond donors (Lipinski definition) is 2. The SMILES string of the molecule is CCOc1ccc(S(=O)(=O)Nc2ccc3cccnc3c2)cc1-c1nn2c(C3CCCC3)nc(C)c2c(=O)[nH]1. The fraction of sp³-hybridized carbons (Fsp3) is 0.286. The topological polar surface area (TPSA) is 131 Å². The van der Waals surface area contributed by atoms with Gasteiger partial charge in [0.25, 0.3) is 15.6 Å². The third kappa shape index (κ3) is 4.63. The zero-order chi connectivity index (χ0) is 27.1. The Kier molecular flexibility index (Phi) is 6.30. The highest BCUT2D eigenvalue weighted by molar-refractivity contribution is 7.92. The van der Waals surface area contributed by atoms with Crippen LogP contribution in [0.25, 0.3) is 27.8 Å². The lowest BCUT2D eigenvalue weighted by Crippen LogP contribution is -2.17. The molecule has 11 heteroatoms. The number of nitrogens with zero attached hydrogens (tertiary/aromatic N) is 4. The first-order chi connectivity index (χ1) is 18.8. The number of aromatic amines is 1. The van der Waals surface area contributed by atoms with Gasteiger partial charge in [-0.1, -0.05) is 25.0 Å². The number of imidazole rings is 1. The zero-order valence-electron chi connectivity index (χ0n) is 21.6. The third-order valence-electron chi connectivity index (χ3n) is 7.10. The Morgan fingerprint density at radius 3 is 2.74 bits per heavy atom. The number of benzene rings is 2. The Bertz CT molecular complexity index is 1870. The number of aromatic nitrogens is 5. The fourth-order valence-electron chi connectivity index (χ4n) is 5.25. The smallest absolute Gasteiger partial charge is 0.277 e. The Morgan fingerprint density at radius 1 is 1.13 bits per heavy atom. The standard InChI is InChI=1S/C28H28N6O4S/c1-3-38-24-13-12-21(39(36,37)33-20-11-10-18-9-6-14-29-23(18)15-20)16-22(24)26-31-28(35)25-17(2)30-27(34(25)32-26)19-7-4-5-8-19/h6,9-16,19,33H,3-5,7-8H2,1-2H3,(H,31,32,35). The molecule has 39 heavy (non-hydrogen) atoms. The number of fused-ring (bicyclic) bond motifs is 2. The molecular weight excluding hydrogens is 516 g/mol. The normalized spacial score (nSPS) is 14.3. The number of H-pyrrole nitrogens is 1. The van der Waals surface area contributed by atoms with Crippen molar-refractivity contribution in [3.05, 3.63) is 76.6 Å². The first kappa shape index (κ1) is 25.1. The molecule has 0 aliphatic heterocycles. The van der Waals surface area contributed by atoms with E-state index in [9.17, 15) is 13.2 Å². The summed E-state index contributed by atoms with van der Waals surface area (Å²) in [5.41, 5.74) is 2.10. The van der Waals surface area contributed by atoms with Crippen LogP contribution in [0, 0.1) is 6.92 Å². The van der Waals surface area contributed by atoms with E-state index in [0.29, 0.717) is 40.3 Å². The van der Waals surface area contributed by atoms with E-state index >= 15 is 0 Å². The first-order valence-corrected chi connectivity index (χ1v) is 14.5. The molecule has 200 valence electrons. The molecule has 2 aromatic carbocycles. The van der Waals surface area contributed by atoms with Crippen molar-refractivity contribution in [2.45, 2.75) is 50.3 Å². The van der Waals surface area contributed by atoms with Crippen molar-refractivity contribution in [2.24, 2.45) is 0 Å². The number of anilines is 1. The minimum absolute atomic E-state index is 0.00245. The van der Waals surface area contributed by atoms with E-state index in [0.717, 1.165) is 36.9 Å². The quantitative estimate of drug-likeness (QED) is 0.301. The molecule has 5 aromatic rings. The van der Waals surface area contributed by atoms with Crippen LogP contribution in [-0.4, -0.2) is 39.6 Å². The summed E-state index contributed by atoms with van der Waals surface area (Å²) in [7, 11) is -3.99. The van der Waals surface area contributed by atoms with Gasteiger partial charge in [-0.15, -0.1) is 5.10 Å². The zero-order valence-corrected chi connectivity index (χ0v) is 22.5. The van der Waals surface area contributed by atoms with Gasteiger partial charge in [0.2, 0.25) is 0 Å². The van der Waals surface area contributed by atoms with Gasteiger partial charge >= 0.3 is 0 Å². The number of pyridine rings is 1. The molecule has 1 fully saturated rings. The highest BCUT2D eigenvalue weighted by Crippen LogP contribution is 2.35. The average molecular weight is 545 g/mol. The van der Waals surface area contributed by atoms with Gasteiger partial charge in [0.1, 0.15) is 11.6 Å². The minimum atomic E-state index is -3.99. The van der Waals surface area contributed by atoms with E-state index in [4.69, 9.17) is 9.84 Å². The maximum atomic E-state index is 13.4. The van der Waals surface area contributed by atoms with E-state index < -0.39 is 10.0 Å². The van der Waals surface area contributed by atoms with E-state index in [-0.39, 0.29) is 22.2 Å². The van der Waals surface area contributed by atoms with Crippen LogP contribution in [-0.2, 0) is 10.0 Å². The van der Waals surface area contributed by atoms with E-state index in [1.165, 1.54) is 12.1 Å². The Morgan fingerprint density at radius 2 is 1.95 bits per heavy atom. The largest absolute Gasteiger partial charge is 0.493 e. The second-order valence-corrected chi connectivity index (χ2v) is 11.4. The molecule has 3 heterocycles. The van der Waals surface area contributed by atoms with Crippen molar-refractivity contribution in [2.75, 3.05) is 11.3 Å². The lowest BCUT2D eigenvalue weighted by molar-refractivity contribution is 0.341. The van der Waals surface area contributed by atoms with Gasteiger partial charge in [0, 0.05) is 17.5 Å². The number of aryl methyl sites for hydroxylation is 1. The molecule has 0 radical (unpaired) electrons. The molecule has 3 aromatic heterocycles. The van der Waals surface area contributed by atoms with Crippen molar-refractivity contribution in [1.82, 2.24) is 24.6 Å². The van der Waals surface area contributed by atoms with Crippen LogP contribution in [0.5, 0.6) is 5.75 Å². The molecule has 1 aliphatic rings. The predicted octanol–water partition coefficient (Wildman–Crippen LogP) is 4.80. The van der Waals surface area contributed by atoms with Crippen LogP contribution in [0.15, 0.2) is 64.4 Å². The van der Waals surface area contributed by atoms with Gasteiger partial charge < -0.3 is 9.72 Å². The molecule has 6 rings (SSSR count). The molecule has 0 saturated heterocycles. The average Bonchev–Trinajstić information content (AvgIpc) is 3.57. The summed E-state index contributed by atoms with van der Waals surface area (Å²) in [6.07, 6.45) is 5.88. The molecule has 0 atom stereocenters. The number of nitrogens with one attached hydrogen (secondary N) is 2. The Hall–Kier alpha value is -4.25. The van der Waals surface area contributed by atoms with Crippen molar-refractivity contribution < 1.29 is 13.2 Å². The summed E-state index contributed by atoms with van der Waals surface area (Å²) in [6, 6.07) is 13.4. The maximum absolute atomic E-state index is 13.4. The maximum Gasteiger partial charge on any atom is 0.277 e. The highest BCUT2D eigenvalue weighted by atomic mass is 32.2. The van der Waals surface area contributed by atoms with Gasteiger partial charge in [-0.05, 0) is 63.1 Å². The van der Waals surface area contributed by atoms with Crippen molar-refractivity contribution in [1.29, 1.82) is 0 Å². The number of ether oxygens (including phenoxy) is 1. The summed E-state index contributed by atoms with van der Waals surface area (Å²) in [5.74, 6) is 1.61. The summed E-state index contributed by atoms with van der Waals surface area (Å²) < 4.78 is 36.9. The van der Waals surface area contributed by atoms with Crippen molar-refractivity contribution in [3.63, 3.8) is 0 Å². The lowest BCUT2D eigenvalue weighted by Gasteiger charge is -2.14. The molecule has 1 saturated carbocycles.